The summed E-state index contributed by atoms with van der Waals surface area (Å²) in [7, 11) is 0. The minimum atomic E-state index is 0. The van der Waals surface area contributed by atoms with E-state index in [0.29, 0.717) is 24.3 Å². The molecular formula is C13H25ClN2O. The molecular weight excluding hydrogens is 236 g/mol. The van der Waals surface area contributed by atoms with Gasteiger partial charge in [0.25, 0.3) is 0 Å². The summed E-state index contributed by atoms with van der Waals surface area (Å²) in [6, 6.07) is 0.446. The van der Waals surface area contributed by atoms with Crippen LogP contribution in [0.3, 0.4) is 0 Å². The molecule has 2 heterocycles. The van der Waals surface area contributed by atoms with Crippen molar-refractivity contribution in [3.63, 3.8) is 0 Å². The van der Waals surface area contributed by atoms with Crippen LogP contribution < -0.4 is 5.32 Å². The Morgan fingerprint density at radius 3 is 2.65 bits per heavy atom. The third kappa shape index (κ3) is 3.85. The van der Waals surface area contributed by atoms with Crippen molar-refractivity contribution < 1.29 is 4.79 Å². The number of hydrogen-bond acceptors (Lipinski definition) is 2. The fourth-order valence-corrected chi connectivity index (χ4v) is 2.76. The molecule has 1 amide bonds. The van der Waals surface area contributed by atoms with Crippen molar-refractivity contribution in [1.29, 1.82) is 0 Å². The molecule has 4 heteroatoms. The summed E-state index contributed by atoms with van der Waals surface area (Å²) >= 11 is 0. The number of nitrogens with zero attached hydrogens (tertiary/aromatic N) is 1. The van der Waals surface area contributed by atoms with Crippen LogP contribution in [0.15, 0.2) is 0 Å². The second-order valence-electron chi connectivity index (χ2n) is 5.58. The van der Waals surface area contributed by atoms with Crippen LogP contribution in [0.25, 0.3) is 0 Å². The quantitative estimate of drug-likeness (QED) is 0.824. The number of nitrogens with one attached hydrogen (secondary N) is 1. The minimum Gasteiger partial charge on any atom is -0.342 e. The van der Waals surface area contributed by atoms with Gasteiger partial charge in [0.05, 0.1) is 0 Å². The first-order valence-electron chi connectivity index (χ1n) is 6.68. The minimum absolute atomic E-state index is 0. The summed E-state index contributed by atoms with van der Waals surface area (Å²) in [4.78, 5) is 14.2. The monoisotopic (exact) mass is 260 g/mol. The van der Waals surface area contributed by atoms with Crippen LogP contribution in [0.1, 0.15) is 39.5 Å². The van der Waals surface area contributed by atoms with E-state index in [1.807, 2.05) is 0 Å². The van der Waals surface area contributed by atoms with Crippen LogP contribution in [0.5, 0.6) is 0 Å². The molecule has 17 heavy (non-hydrogen) atoms. The average molecular weight is 261 g/mol. The lowest BCUT2D eigenvalue weighted by Crippen LogP contribution is -2.44. The van der Waals surface area contributed by atoms with Crippen LogP contribution in [0.2, 0.25) is 0 Å². The van der Waals surface area contributed by atoms with Gasteiger partial charge < -0.3 is 10.2 Å². The number of halogens is 1. The molecule has 0 aromatic carbocycles. The Bertz CT molecular complexity index is 254. The number of amides is 1. The van der Waals surface area contributed by atoms with Crippen LogP contribution in [0, 0.1) is 11.8 Å². The van der Waals surface area contributed by atoms with E-state index in [1.165, 1.54) is 19.3 Å². The molecule has 2 fully saturated rings. The number of likely N-dealkylation sites (tertiary alicyclic amines) is 1. The highest BCUT2D eigenvalue weighted by molar-refractivity contribution is 5.85. The molecule has 0 spiro atoms. The largest absolute Gasteiger partial charge is 0.342 e. The highest BCUT2D eigenvalue weighted by atomic mass is 35.5. The topological polar surface area (TPSA) is 32.3 Å². The van der Waals surface area contributed by atoms with Crippen molar-refractivity contribution in [3.8, 4) is 0 Å². The van der Waals surface area contributed by atoms with Gasteiger partial charge >= 0.3 is 0 Å². The molecule has 100 valence electrons. The van der Waals surface area contributed by atoms with Crippen LogP contribution in [-0.2, 0) is 4.79 Å². The fourth-order valence-electron chi connectivity index (χ4n) is 2.76. The molecule has 1 N–H and O–H groups in total. The van der Waals surface area contributed by atoms with E-state index < -0.39 is 0 Å². The van der Waals surface area contributed by atoms with Gasteiger partial charge in [-0.05, 0) is 37.6 Å². The second kappa shape index (κ2) is 6.60. The number of carbonyl (C=O) groups is 1. The maximum absolute atomic E-state index is 12.1. The lowest BCUT2D eigenvalue weighted by Gasteiger charge is -2.35. The summed E-state index contributed by atoms with van der Waals surface area (Å²) < 4.78 is 0. The molecule has 2 saturated heterocycles. The van der Waals surface area contributed by atoms with Crippen molar-refractivity contribution in [2.45, 2.75) is 45.6 Å². The van der Waals surface area contributed by atoms with Crippen molar-refractivity contribution in [3.05, 3.63) is 0 Å². The first-order chi connectivity index (χ1) is 7.66. The van der Waals surface area contributed by atoms with E-state index in [4.69, 9.17) is 0 Å². The summed E-state index contributed by atoms with van der Waals surface area (Å²) in [5.41, 5.74) is 0. The first kappa shape index (κ1) is 14.8. The Balaban J connectivity index is 0.00000144. The van der Waals surface area contributed by atoms with Crippen molar-refractivity contribution in [2.75, 3.05) is 19.6 Å². The maximum atomic E-state index is 12.1. The van der Waals surface area contributed by atoms with E-state index in [9.17, 15) is 4.79 Å². The normalized spacial score (nSPS) is 33.3. The van der Waals surface area contributed by atoms with Gasteiger partial charge in [-0.25, -0.2) is 0 Å². The molecule has 3 unspecified atom stereocenters. The number of carbonyl (C=O) groups excluding carboxylic acids is 1. The van der Waals surface area contributed by atoms with Gasteiger partial charge in [-0.15, -0.1) is 12.4 Å². The molecule has 0 saturated carbocycles. The third-order valence-electron chi connectivity index (χ3n) is 4.27. The molecule has 3 nitrogen and oxygen atoms in total. The van der Waals surface area contributed by atoms with Crippen LogP contribution in [0.4, 0.5) is 0 Å². The Labute approximate surface area is 111 Å². The number of hydrogen-bond donors (Lipinski definition) is 1. The molecule has 0 aromatic heterocycles. The zero-order chi connectivity index (χ0) is 11.5. The van der Waals surface area contributed by atoms with Crippen LogP contribution >= 0.6 is 12.4 Å². The summed E-state index contributed by atoms with van der Waals surface area (Å²) in [6.07, 6.45) is 4.28. The molecule has 2 aliphatic heterocycles. The maximum Gasteiger partial charge on any atom is 0.224 e. The predicted molar refractivity (Wildman–Crippen MR) is 72.4 cm³/mol. The smallest absolute Gasteiger partial charge is 0.224 e. The van der Waals surface area contributed by atoms with Gasteiger partial charge in [-0.1, -0.05) is 13.8 Å². The van der Waals surface area contributed by atoms with E-state index >= 15 is 0 Å². The zero-order valence-electron chi connectivity index (χ0n) is 10.9. The molecule has 2 rings (SSSR count). The fraction of sp³-hybridized carbons (Fsp3) is 0.923. The van der Waals surface area contributed by atoms with Gasteiger partial charge in [0.2, 0.25) is 5.91 Å². The van der Waals surface area contributed by atoms with Gasteiger partial charge in [-0.2, -0.15) is 0 Å². The predicted octanol–water partition coefficient (Wildman–Crippen LogP) is 2.05. The summed E-state index contributed by atoms with van der Waals surface area (Å²) in [5.74, 6) is 1.79. The van der Waals surface area contributed by atoms with Gasteiger partial charge in [-0.3, -0.25) is 4.79 Å². The van der Waals surface area contributed by atoms with E-state index in [2.05, 4.69) is 24.1 Å². The van der Waals surface area contributed by atoms with Gasteiger partial charge in [0.1, 0.15) is 0 Å². The Morgan fingerprint density at radius 2 is 2.06 bits per heavy atom. The highest BCUT2D eigenvalue weighted by Crippen LogP contribution is 2.23. The van der Waals surface area contributed by atoms with Crippen LogP contribution in [-0.4, -0.2) is 36.5 Å². The van der Waals surface area contributed by atoms with E-state index in [-0.39, 0.29) is 12.4 Å². The lowest BCUT2D eigenvalue weighted by atomic mass is 9.88. The first-order valence-corrected chi connectivity index (χ1v) is 6.68. The molecule has 0 aromatic rings. The molecule has 2 aliphatic rings. The summed E-state index contributed by atoms with van der Waals surface area (Å²) in [6.45, 7) is 7.58. The third-order valence-corrected chi connectivity index (χ3v) is 4.27. The standard InChI is InChI=1S/C13H24N2O.ClH/c1-10-5-7-15(9-11(10)2)13(16)8-12-4-3-6-14-12;/h10-12,14H,3-9H2,1-2H3;1H. The molecule has 3 atom stereocenters. The number of rotatable bonds is 2. The van der Waals surface area contributed by atoms with E-state index in [0.717, 1.165) is 25.6 Å². The zero-order valence-corrected chi connectivity index (χ0v) is 11.8. The second-order valence-corrected chi connectivity index (χ2v) is 5.58. The lowest BCUT2D eigenvalue weighted by molar-refractivity contribution is -0.134. The molecule has 0 bridgehead atoms. The Hall–Kier alpha value is -0.280. The summed E-state index contributed by atoms with van der Waals surface area (Å²) in [5, 5.41) is 3.40. The molecule has 0 aliphatic carbocycles. The average Bonchev–Trinajstić information content (AvgIpc) is 2.74. The number of piperidine rings is 1. The van der Waals surface area contributed by atoms with Crippen molar-refractivity contribution in [2.24, 2.45) is 11.8 Å². The highest BCUT2D eigenvalue weighted by Gasteiger charge is 2.27. The van der Waals surface area contributed by atoms with Crippen molar-refractivity contribution in [1.82, 2.24) is 10.2 Å². The Morgan fingerprint density at radius 1 is 1.29 bits per heavy atom. The van der Waals surface area contributed by atoms with Crippen molar-refractivity contribution >= 4 is 18.3 Å². The molecule has 0 radical (unpaired) electrons. The SMILES string of the molecule is CC1CCN(C(=O)CC2CCCN2)CC1C.Cl. The van der Waals surface area contributed by atoms with Gasteiger partial charge in [0, 0.05) is 25.6 Å². The van der Waals surface area contributed by atoms with E-state index in [1.54, 1.807) is 0 Å². The Kier molecular flexibility index (Phi) is 5.74. The van der Waals surface area contributed by atoms with Gasteiger partial charge in [0.15, 0.2) is 0 Å².